The summed E-state index contributed by atoms with van der Waals surface area (Å²) in [5, 5.41) is 10.0. The first-order valence-electron chi connectivity index (χ1n) is 10.3. The van der Waals surface area contributed by atoms with E-state index in [1.165, 1.54) is 6.07 Å². The molecule has 0 amide bonds. The van der Waals surface area contributed by atoms with E-state index in [-0.39, 0.29) is 17.2 Å². The molecule has 160 valence electrons. The Labute approximate surface area is 179 Å². The molecular formula is C23H24FN5O2. The van der Waals surface area contributed by atoms with Gasteiger partial charge in [0.25, 0.3) is 5.56 Å². The number of fused-ring (bicyclic) bond motifs is 1. The Morgan fingerprint density at radius 3 is 2.68 bits per heavy atom. The van der Waals surface area contributed by atoms with Crippen molar-refractivity contribution in [3.8, 4) is 11.8 Å². The molecule has 1 aliphatic heterocycles. The lowest BCUT2D eigenvalue weighted by Crippen LogP contribution is -2.46. The Morgan fingerprint density at radius 2 is 1.97 bits per heavy atom. The third kappa shape index (κ3) is 4.52. The van der Waals surface area contributed by atoms with Crippen LogP contribution in [0.25, 0.3) is 10.9 Å². The van der Waals surface area contributed by atoms with Crippen LogP contribution in [0.15, 0.2) is 41.2 Å². The van der Waals surface area contributed by atoms with Crippen LogP contribution in [0.5, 0.6) is 5.75 Å². The van der Waals surface area contributed by atoms with Crippen LogP contribution >= 0.6 is 0 Å². The lowest BCUT2D eigenvalue weighted by atomic mass is 10.1. The second-order valence-corrected chi connectivity index (χ2v) is 7.87. The highest BCUT2D eigenvalue weighted by Gasteiger charge is 2.23. The smallest absolute Gasteiger partial charge is 0.258 e. The van der Waals surface area contributed by atoms with Crippen LogP contribution in [0.2, 0.25) is 0 Å². The van der Waals surface area contributed by atoms with E-state index in [9.17, 15) is 14.4 Å². The molecule has 2 heterocycles. The van der Waals surface area contributed by atoms with Gasteiger partial charge >= 0.3 is 0 Å². The van der Waals surface area contributed by atoms with E-state index in [1.807, 2.05) is 43.0 Å². The van der Waals surface area contributed by atoms with Crippen LogP contribution < -0.4 is 15.2 Å². The van der Waals surface area contributed by atoms with Crippen molar-refractivity contribution in [2.45, 2.75) is 26.5 Å². The van der Waals surface area contributed by atoms with Gasteiger partial charge in [-0.25, -0.2) is 9.37 Å². The number of halogens is 1. The normalized spacial score (nSPS) is 14.7. The van der Waals surface area contributed by atoms with E-state index in [0.717, 1.165) is 0 Å². The van der Waals surface area contributed by atoms with Gasteiger partial charge in [0, 0.05) is 38.3 Å². The number of para-hydroxylation sites is 1. The summed E-state index contributed by atoms with van der Waals surface area (Å²) in [4.78, 5) is 23.9. The van der Waals surface area contributed by atoms with Gasteiger partial charge in [-0.3, -0.25) is 9.69 Å². The zero-order chi connectivity index (χ0) is 22.0. The van der Waals surface area contributed by atoms with Crippen LogP contribution in [0.4, 0.5) is 10.1 Å². The van der Waals surface area contributed by atoms with Crippen LogP contribution in [0, 0.1) is 17.1 Å². The molecule has 2 aromatic carbocycles. The summed E-state index contributed by atoms with van der Waals surface area (Å²) >= 11 is 0. The van der Waals surface area contributed by atoms with Crippen molar-refractivity contribution in [1.82, 2.24) is 14.9 Å². The fourth-order valence-electron chi connectivity index (χ4n) is 3.84. The Balaban J connectivity index is 1.48. The number of hydrogen-bond acceptors (Lipinski definition) is 6. The highest BCUT2D eigenvalue weighted by Crippen LogP contribution is 2.30. The van der Waals surface area contributed by atoms with Crippen molar-refractivity contribution in [3.63, 3.8) is 0 Å². The Kier molecular flexibility index (Phi) is 5.87. The molecule has 0 spiro atoms. The lowest BCUT2D eigenvalue weighted by molar-refractivity contribution is 0.239. The Bertz CT molecular complexity index is 1190. The maximum Gasteiger partial charge on any atom is 0.258 e. The molecule has 0 radical (unpaired) electrons. The zero-order valence-electron chi connectivity index (χ0n) is 17.6. The van der Waals surface area contributed by atoms with Crippen molar-refractivity contribution >= 4 is 16.6 Å². The minimum Gasteiger partial charge on any atom is -0.491 e. The molecule has 1 saturated heterocycles. The second kappa shape index (κ2) is 8.74. The van der Waals surface area contributed by atoms with Gasteiger partial charge in [-0.15, -0.1) is 0 Å². The highest BCUT2D eigenvalue weighted by atomic mass is 19.1. The van der Waals surface area contributed by atoms with Gasteiger partial charge in [0.05, 0.1) is 29.2 Å². The van der Waals surface area contributed by atoms with Gasteiger partial charge in [0.1, 0.15) is 29.0 Å². The Hall–Kier alpha value is -3.44. The van der Waals surface area contributed by atoms with Crippen LogP contribution in [-0.2, 0) is 6.54 Å². The van der Waals surface area contributed by atoms with Crippen molar-refractivity contribution in [3.05, 3.63) is 64.0 Å². The number of anilines is 1. The van der Waals surface area contributed by atoms with E-state index in [4.69, 9.17) is 4.74 Å². The largest absolute Gasteiger partial charge is 0.491 e. The van der Waals surface area contributed by atoms with Crippen molar-refractivity contribution in [2.24, 2.45) is 0 Å². The topological polar surface area (TPSA) is 85.2 Å². The number of nitrogens with one attached hydrogen (secondary N) is 1. The number of aromatic nitrogens is 2. The molecule has 8 heteroatoms. The summed E-state index contributed by atoms with van der Waals surface area (Å²) in [6.45, 7) is 6.90. The molecule has 7 nitrogen and oxygen atoms in total. The monoisotopic (exact) mass is 421 g/mol. The summed E-state index contributed by atoms with van der Waals surface area (Å²) in [5.41, 5.74) is 1.12. The first kappa shape index (κ1) is 20.8. The minimum absolute atomic E-state index is 0.0325. The number of rotatable bonds is 5. The molecular weight excluding hydrogens is 397 g/mol. The summed E-state index contributed by atoms with van der Waals surface area (Å²) in [6, 6.07) is 12.2. The molecule has 1 aromatic heterocycles. The maximum atomic E-state index is 14.5. The molecule has 4 rings (SSSR count). The summed E-state index contributed by atoms with van der Waals surface area (Å²) in [6.07, 6.45) is -0.0892. The van der Waals surface area contributed by atoms with E-state index >= 15 is 0 Å². The lowest BCUT2D eigenvalue weighted by Gasteiger charge is -2.36. The number of H-pyrrole nitrogens is 1. The second-order valence-electron chi connectivity index (χ2n) is 7.87. The number of benzene rings is 2. The SMILES string of the molecule is CC(C)Oc1cc(F)c(C#N)c(N2CCN(Cc3nc4ccccc4c(=O)[nH]3)CC2)c1. The molecule has 0 saturated carbocycles. The third-order valence-corrected chi connectivity index (χ3v) is 5.27. The van der Waals surface area contributed by atoms with Crippen molar-refractivity contribution in [1.29, 1.82) is 5.26 Å². The van der Waals surface area contributed by atoms with Gasteiger partial charge in [0.15, 0.2) is 0 Å². The zero-order valence-corrected chi connectivity index (χ0v) is 17.6. The predicted molar refractivity (Wildman–Crippen MR) is 117 cm³/mol. The maximum absolute atomic E-state index is 14.5. The number of nitriles is 1. The van der Waals surface area contributed by atoms with Gasteiger partial charge in [0.2, 0.25) is 0 Å². The highest BCUT2D eigenvalue weighted by molar-refractivity contribution is 5.77. The molecule has 1 aliphatic rings. The Morgan fingerprint density at radius 1 is 1.23 bits per heavy atom. The van der Waals surface area contributed by atoms with Crippen molar-refractivity contribution in [2.75, 3.05) is 31.1 Å². The van der Waals surface area contributed by atoms with E-state index in [0.29, 0.717) is 60.9 Å². The molecule has 1 fully saturated rings. The standard InChI is InChI=1S/C23H24FN5O2/c1-15(2)31-16-11-19(24)18(13-25)21(12-16)29-9-7-28(8-10-29)14-22-26-20-6-4-3-5-17(20)23(30)27-22/h3-6,11-12,15H,7-10,14H2,1-2H3,(H,26,27,30). The van der Waals surface area contributed by atoms with Crippen LogP contribution in [-0.4, -0.2) is 47.2 Å². The van der Waals surface area contributed by atoms with E-state index in [1.54, 1.807) is 12.1 Å². The molecule has 0 atom stereocenters. The minimum atomic E-state index is -0.573. The fraction of sp³-hybridized carbons (Fsp3) is 0.348. The third-order valence-electron chi connectivity index (χ3n) is 5.27. The van der Waals surface area contributed by atoms with E-state index < -0.39 is 5.82 Å². The first-order chi connectivity index (χ1) is 14.9. The number of ether oxygens (including phenoxy) is 1. The van der Waals surface area contributed by atoms with Gasteiger partial charge in [-0.05, 0) is 26.0 Å². The fourth-order valence-corrected chi connectivity index (χ4v) is 3.84. The van der Waals surface area contributed by atoms with Gasteiger partial charge < -0.3 is 14.6 Å². The molecule has 0 bridgehead atoms. The van der Waals surface area contributed by atoms with Gasteiger partial charge in [-0.1, -0.05) is 12.1 Å². The number of piperazine rings is 1. The van der Waals surface area contributed by atoms with Crippen LogP contribution in [0.1, 0.15) is 25.2 Å². The molecule has 0 unspecified atom stereocenters. The summed E-state index contributed by atoms with van der Waals surface area (Å²) < 4.78 is 20.1. The first-order valence-corrected chi connectivity index (χ1v) is 10.3. The summed E-state index contributed by atoms with van der Waals surface area (Å²) in [5.74, 6) is 0.464. The summed E-state index contributed by atoms with van der Waals surface area (Å²) in [7, 11) is 0. The number of hydrogen-bond donors (Lipinski definition) is 1. The average Bonchev–Trinajstić information content (AvgIpc) is 2.73. The molecule has 31 heavy (non-hydrogen) atoms. The predicted octanol–water partition coefficient (Wildman–Crippen LogP) is 3.04. The average molecular weight is 421 g/mol. The quantitative estimate of drug-likeness (QED) is 0.682. The molecule has 1 N–H and O–H groups in total. The molecule has 0 aliphatic carbocycles. The molecule has 3 aromatic rings. The number of nitrogens with zero attached hydrogens (tertiary/aromatic N) is 4. The van der Waals surface area contributed by atoms with Crippen molar-refractivity contribution < 1.29 is 9.13 Å². The number of aromatic amines is 1. The van der Waals surface area contributed by atoms with Gasteiger partial charge in [-0.2, -0.15) is 5.26 Å². The van der Waals surface area contributed by atoms with E-state index in [2.05, 4.69) is 14.9 Å². The van der Waals surface area contributed by atoms with Crippen LogP contribution in [0.3, 0.4) is 0 Å².